The van der Waals surface area contributed by atoms with E-state index in [0.717, 1.165) is 35.2 Å². The Balaban J connectivity index is 0.00000121. The summed E-state index contributed by atoms with van der Waals surface area (Å²) in [5.74, 6) is 0.587. The Bertz CT molecular complexity index is 643. The molecular weight excluding hydrogens is 327 g/mol. The first-order valence-electron chi connectivity index (χ1n) is 6.46. The summed E-state index contributed by atoms with van der Waals surface area (Å²) in [7, 11) is 0. The lowest BCUT2D eigenvalue weighted by atomic mass is 10.0. The van der Waals surface area contributed by atoms with Crippen molar-refractivity contribution < 1.29 is 5.21 Å². The molecule has 120 valence electrons. The van der Waals surface area contributed by atoms with Gasteiger partial charge in [0, 0.05) is 11.1 Å². The molecule has 2 aliphatic rings. The van der Waals surface area contributed by atoms with Gasteiger partial charge in [-0.1, -0.05) is 23.4 Å². The van der Waals surface area contributed by atoms with Crippen LogP contribution in [0.3, 0.4) is 0 Å². The highest BCUT2D eigenvalue weighted by Crippen LogP contribution is 2.26. The number of nitrogens with zero attached hydrogens (tertiary/aromatic N) is 4. The predicted octanol–water partition coefficient (Wildman–Crippen LogP) is 0.905. The lowest BCUT2D eigenvalue weighted by Crippen LogP contribution is -2.30. The SMILES string of the molecule is Cl.Cl.NC(=NO)c1cccc2c1CCC2=NN1CCN=C1N. The van der Waals surface area contributed by atoms with E-state index in [1.807, 2.05) is 18.2 Å². The highest BCUT2D eigenvalue weighted by molar-refractivity contribution is 6.09. The molecule has 0 fully saturated rings. The van der Waals surface area contributed by atoms with Crippen molar-refractivity contribution in [3.05, 3.63) is 34.9 Å². The van der Waals surface area contributed by atoms with Crippen LogP contribution in [-0.2, 0) is 6.42 Å². The first kappa shape index (κ1) is 18.1. The number of benzene rings is 1. The molecule has 0 saturated carbocycles. The van der Waals surface area contributed by atoms with Crippen molar-refractivity contribution in [2.75, 3.05) is 13.1 Å². The van der Waals surface area contributed by atoms with E-state index in [4.69, 9.17) is 16.7 Å². The molecule has 0 aromatic heterocycles. The minimum Gasteiger partial charge on any atom is -0.409 e. The number of hydrogen-bond donors (Lipinski definition) is 3. The summed E-state index contributed by atoms with van der Waals surface area (Å²) < 4.78 is 0. The summed E-state index contributed by atoms with van der Waals surface area (Å²) >= 11 is 0. The van der Waals surface area contributed by atoms with Gasteiger partial charge in [-0.25, -0.2) is 10.0 Å². The first-order chi connectivity index (χ1) is 9.70. The highest BCUT2D eigenvalue weighted by Gasteiger charge is 2.24. The summed E-state index contributed by atoms with van der Waals surface area (Å²) in [6.07, 6.45) is 1.64. The Morgan fingerprint density at radius 2 is 2.05 bits per heavy atom. The molecule has 1 aromatic carbocycles. The quantitative estimate of drug-likeness (QED) is 0.320. The molecule has 1 aliphatic carbocycles. The molecule has 7 nitrogen and oxygen atoms in total. The van der Waals surface area contributed by atoms with Gasteiger partial charge in [0.25, 0.3) is 0 Å². The summed E-state index contributed by atoms with van der Waals surface area (Å²) in [6, 6.07) is 5.73. The third-order valence-corrected chi connectivity index (χ3v) is 3.57. The molecule has 0 saturated heterocycles. The van der Waals surface area contributed by atoms with Crippen molar-refractivity contribution >= 4 is 42.3 Å². The molecule has 0 radical (unpaired) electrons. The maximum Gasteiger partial charge on any atom is 0.212 e. The van der Waals surface area contributed by atoms with Crippen molar-refractivity contribution in [2.24, 2.45) is 26.7 Å². The number of rotatable bonds is 2. The van der Waals surface area contributed by atoms with Crippen LogP contribution in [0.15, 0.2) is 33.4 Å². The van der Waals surface area contributed by atoms with Crippen LogP contribution < -0.4 is 11.5 Å². The number of hydrogen-bond acceptors (Lipinski definition) is 6. The number of nitrogens with two attached hydrogens (primary N) is 2. The lowest BCUT2D eigenvalue weighted by molar-refractivity contribution is 0.318. The third-order valence-electron chi connectivity index (χ3n) is 3.57. The molecule has 22 heavy (non-hydrogen) atoms. The van der Waals surface area contributed by atoms with E-state index in [1.165, 1.54) is 0 Å². The van der Waals surface area contributed by atoms with Crippen LogP contribution in [0, 0.1) is 0 Å². The number of amidine groups is 1. The predicted molar refractivity (Wildman–Crippen MR) is 91.5 cm³/mol. The molecule has 3 rings (SSSR count). The third kappa shape index (κ3) is 3.10. The fraction of sp³-hybridized carbons (Fsp3) is 0.308. The van der Waals surface area contributed by atoms with E-state index in [9.17, 15) is 0 Å². The monoisotopic (exact) mass is 344 g/mol. The van der Waals surface area contributed by atoms with Crippen molar-refractivity contribution in [3.63, 3.8) is 0 Å². The number of aliphatic imine (C=N–C) groups is 1. The van der Waals surface area contributed by atoms with Crippen LogP contribution in [0.5, 0.6) is 0 Å². The number of oxime groups is 1. The molecule has 9 heteroatoms. The Kier molecular flexibility index (Phi) is 6.01. The highest BCUT2D eigenvalue weighted by atomic mass is 35.5. The number of hydrazone groups is 1. The van der Waals surface area contributed by atoms with Crippen LogP contribution in [0.25, 0.3) is 0 Å². The molecule has 1 heterocycles. The molecule has 5 N–H and O–H groups in total. The zero-order chi connectivity index (χ0) is 14.1. The van der Waals surface area contributed by atoms with Gasteiger partial charge in [-0.3, -0.25) is 0 Å². The second kappa shape index (κ2) is 7.33. The van der Waals surface area contributed by atoms with Crippen molar-refractivity contribution in [3.8, 4) is 0 Å². The topological polar surface area (TPSA) is 113 Å². The number of halogens is 2. The lowest BCUT2D eigenvalue weighted by Gasteiger charge is -2.12. The Morgan fingerprint density at radius 1 is 1.27 bits per heavy atom. The molecule has 1 aromatic rings. The molecule has 0 atom stereocenters. The fourth-order valence-corrected chi connectivity index (χ4v) is 2.60. The molecule has 0 spiro atoms. The summed E-state index contributed by atoms with van der Waals surface area (Å²) in [6.45, 7) is 1.39. The van der Waals surface area contributed by atoms with Gasteiger partial charge in [-0.2, -0.15) is 5.10 Å². The van der Waals surface area contributed by atoms with E-state index in [1.54, 1.807) is 5.01 Å². The van der Waals surface area contributed by atoms with Gasteiger partial charge >= 0.3 is 0 Å². The van der Waals surface area contributed by atoms with Crippen molar-refractivity contribution in [2.45, 2.75) is 12.8 Å². The number of guanidine groups is 1. The largest absolute Gasteiger partial charge is 0.409 e. The van der Waals surface area contributed by atoms with Crippen LogP contribution in [0.2, 0.25) is 0 Å². The summed E-state index contributed by atoms with van der Waals surface area (Å²) in [5, 5.41) is 18.2. The Labute approximate surface area is 140 Å². The first-order valence-corrected chi connectivity index (χ1v) is 6.46. The van der Waals surface area contributed by atoms with Gasteiger partial charge < -0.3 is 16.7 Å². The van der Waals surface area contributed by atoms with E-state index >= 15 is 0 Å². The van der Waals surface area contributed by atoms with Crippen molar-refractivity contribution in [1.82, 2.24) is 5.01 Å². The second-order valence-electron chi connectivity index (χ2n) is 4.73. The minimum absolute atomic E-state index is 0. The zero-order valence-electron chi connectivity index (χ0n) is 11.8. The smallest absolute Gasteiger partial charge is 0.212 e. The van der Waals surface area contributed by atoms with Gasteiger partial charge in [0.15, 0.2) is 5.84 Å². The molecule has 0 unspecified atom stereocenters. The average molecular weight is 345 g/mol. The maximum absolute atomic E-state index is 8.84. The van der Waals surface area contributed by atoms with Gasteiger partial charge in [-0.15, -0.1) is 24.8 Å². The van der Waals surface area contributed by atoms with E-state index in [0.29, 0.717) is 19.0 Å². The van der Waals surface area contributed by atoms with Crippen LogP contribution >= 0.6 is 24.8 Å². The molecule has 0 bridgehead atoms. The van der Waals surface area contributed by atoms with Crippen LogP contribution in [0.4, 0.5) is 0 Å². The number of fused-ring (bicyclic) bond motifs is 1. The molecule has 0 amide bonds. The van der Waals surface area contributed by atoms with Gasteiger partial charge in [0.05, 0.1) is 18.8 Å². The van der Waals surface area contributed by atoms with E-state index in [2.05, 4.69) is 15.2 Å². The maximum atomic E-state index is 8.84. The molecular formula is C13H18Cl2N6O. The van der Waals surface area contributed by atoms with E-state index in [-0.39, 0.29) is 30.6 Å². The van der Waals surface area contributed by atoms with Crippen LogP contribution in [-0.4, -0.2) is 40.8 Å². The van der Waals surface area contributed by atoms with Crippen molar-refractivity contribution in [1.29, 1.82) is 0 Å². The molecule has 1 aliphatic heterocycles. The Morgan fingerprint density at radius 3 is 2.68 bits per heavy atom. The summed E-state index contributed by atoms with van der Waals surface area (Å²) in [4.78, 5) is 4.12. The normalized spacial score (nSPS) is 18.5. The van der Waals surface area contributed by atoms with Crippen LogP contribution in [0.1, 0.15) is 23.1 Å². The van der Waals surface area contributed by atoms with Gasteiger partial charge in [-0.05, 0) is 18.4 Å². The van der Waals surface area contributed by atoms with E-state index < -0.39 is 0 Å². The van der Waals surface area contributed by atoms with Gasteiger partial charge in [0.1, 0.15) is 0 Å². The summed E-state index contributed by atoms with van der Waals surface area (Å²) in [5.41, 5.74) is 15.3. The second-order valence-corrected chi connectivity index (χ2v) is 4.73. The Hall–Kier alpha value is -1.99. The fourth-order valence-electron chi connectivity index (χ4n) is 2.60. The zero-order valence-corrected chi connectivity index (χ0v) is 13.4. The average Bonchev–Trinajstić information content (AvgIpc) is 3.06. The standard InChI is InChI=1S/C13H16N6O.2ClH/c14-12(18-20)10-3-1-2-9-8(10)4-5-11(9)17-19-7-6-16-13(19)15;;/h1-3,20H,4-7H2,(H2,14,18)(H2,15,16);2*1H. The van der Waals surface area contributed by atoms with Gasteiger partial charge in [0.2, 0.25) is 5.96 Å². The minimum atomic E-state index is 0.